The Hall–Kier alpha value is -3.43. The smallest absolute Gasteiger partial charge is 0.238 e. The van der Waals surface area contributed by atoms with Gasteiger partial charge in [0.05, 0.1) is 17.5 Å². The van der Waals surface area contributed by atoms with Crippen LogP contribution in [0.3, 0.4) is 0 Å². The second-order valence-corrected chi connectivity index (χ2v) is 11.4. The standard InChI is InChI=1S/C32H28ClNO2/c1-32(2,3)24-18-23-26(25(19-10-6-4-7-11-19)20-12-8-5-9-13-20)28(24)29-27(23)30(35)34(31(29)36)22-16-14-21(33)15-17-22/h4-18,23,27-29H,1-3H3/t23-,27+,28-,29+/m0/s1. The predicted molar refractivity (Wildman–Crippen MR) is 144 cm³/mol. The average molecular weight is 494 g/mol. The lowest BCUT2D eigenvalue weighted by Crippen LogP contribution is -2.34. The first kappa shape index (κ1) is 23.0. The van der Waals surface area contributed by atoms with Crippen LogP contribution < -0.4 is 4.90 Å². The molecule has 0 spiro atoms. The van der Waals surface area contributed by atoms with Gasteiger partial charge in [-0.15, -0.1) is 0 Å². The fourth-order valence-corrected chi connectivity index (χ4v) is 6.61. The van der Waals surface area contributed by atoms with Gasteiger partial charge in [-0.25, -0.2) is 4.90 Å². The minimum atomic E-state index is -0.394. The van der Waals surface area contributed by atoms with Crippen LogP contribution >= 0.6 is 11.6 Å². The molecule has 4 atom stereocenters. The molecule has 0 unspecified atom stereocenters. The van der Waals surface area contributed by atoms with E-state index in [0.717, 1.165) is 16.7 Å². The van der Waals surface area contributed by atoms with E-state index in [1.807, 2.05) is 36.4 Å². The second kappa shape index (κ2) is 8.31. The van der Waals surface area contributed by atoms with Crippen LogP contribution in [0.1, 0.15) is 31.9 Å². The quantitative estimate of drug-likeness (QED) is 0.286. The van der Waals surface area contributed by atoms with Gasteiger partial charge in [-0.05, 0) is 52.0 Å². The van der Waals surface area contributed by atoms with Crippen molar-refractivity contribution < 1.29 is 9.59 Å². The maximum atomic E-state index is 14.0. The van der Waals surface area contributed by atoms with Crippen LogP contribution in [0.5, 0.6) is 0 Å². The average Bonchev–Trinajstić information content (AvgIpc) is 3.48. The molecular weight excluding hydrogens is 466 g/mol. The van der Waals surface area contributed by atoms with Gasteiger partial charge in [-0.3, -0.25) is 9.59 Å². The lowest BCUT2D eigenvalue weighted by Gasteiger charge is -2.31. The molecule has 3 nitrogen and oxygen atoms in total. The van der Waals surface area contributed by atoms with Crippen molar-refractivity contribution in [3.8, 4) is 0 Å². The summed E-state index contributed by atoms with van der Waals surface area (Å²) in [6.07, 6.45) is 2.30. The number of hydrogen-bond donors (Lipinski definition) is 0. The Bertz CT molecular complexity index is 1370. The minimum Gasteiger partial charge on any atom is -0.274 e. The van der Waals surface area contributed by atoms with Crippen LogP contribution in [0.25, 0.3) is 5.57 Å². The summed E-state index contributed by atoms with van der Waals surface area (Å²) < 4.78 is 0. The molecule has 0 N–H and O–H groups in total. The molecule has 2 fully saturated rings. The SMILES string of the molecule is CC(C)(C)C1=C[C@H]2C(=C(c3ccccc3)c3ccccc3)[C@H]1[C@@H]1C(=O)N(c3ccc(Cl)cc3)C(=O)[C@@H]12. The van der Waals surface area contributed by atoms with E-state index >= 15 is 0 Å². The van der Waals surface area contributed by atoms with E-state index in [0.29, 0.717) is 10.7 Å². The van der Waals surface area contributed by atoms with Crippen LogP contribution in [-0.4, -0.2) is 11.8 Å². The van der Waals surface area contributed by atoms with Crippen LogP contribution in [0.15, 0.2) is 102 Å². The first-order valence-electron chi connectivity index (χ1n) is 12.5. The number of benzene rings is 3. The molecule has 2 amide bonds. The highest BCUT2D eigenvalue weighted by Crippen LogP contribution is 2.64. The molecule has 2 aliphatic carbocycles. The number of fused-ring (bicyclic) bond motifs is 5. The lowest BCUT2D eigenvalue weighted by atomic mass is 9.71. The summed E-state index contributed by atoms with van der Waals surface area (Å²) in [6.45, 7) is 6.61. The number of carbonyl (C=O) groups is 2. The Morgan fingerprint density at radius 3 is 1.81 bits per heavy atom. The van der Waals surface area contributed by atoms with Crippen LogP contribution in [0.4, 0.5) is 5.69 Å². The normalized spacial score (nSPS) is 24.8. The molecule has 1 saturated carbocycles. The van der Waals surface area contributed by atoms with Gasteiger partial charge in [-0.1, -0.05) is 105 Å². The minimum absolute atomic E-state index is 0.104. The summed E-state index contributed by atoms with van der Waals surface area (Å²) in [6, 6.07) is 27.7. The molecule has 2 bridgehead atoms. The maximum absolute atomic E-state index is 14.0. The number of imide groups is 1. The third-order valence-corrected chi connectivity index (χ3v) is 8.15. The Morgan fingerprint density at radius 2 is 1.28 bits per heavy atom. The monoisotopic (exact) mass is 493 g/mol. The van der Waals surface area contributed by atoms with E-state index in [4.69, 9.17) is 11.6 Å². The molecule has 3 aromatic rings. The highest BCUT2D eigenvalue weighted by atomic mass is 35.5. The first-order valence-corrected chi connectivity index (χ1v) is 12.9. The molecule has 1 aliphatic heterocycles. The third-order valence-electron chi connectivity index (χ3n) is 7.90. The summed E-state index contributed by atoms with van der Waals surface area (Å²) in [5, 5.41) is 0.579. The maximum Gasteiger partial charge on any atom is 0.238 e. The van der Waals surface area contributed by atoms with Gasteiger partial charge in [0.1, 0.15) is 0 Å². The van der Waals surface area contributed by atoms with Gasteiger partial charge < -0.3 is 0 Å². The number of anilines is 1. The van der Waals surface area contributed by atoms with Gasteiger partial charge in [0.2, 0.25) is 11.8 Å². The van der Waals surface area contributed by atoms with E-state index in [1.54, 1.807) is 24.3 Å². The Morgan fingerprint density at radius 1 is 0.750 bits per heavy atom. The van der Waals surface area contributed by atoms with E-state index in [-0.39, 0.29) is 35.0 Å². The molecule has 36 heavy (non-hydrogen) atoms. The van der Waals surface area contributed by atoms with Crippen LogP contribution in [0, 0.1) is 29.1 Å². The molecule has 3 aromatic carbocycles. The van der Waals surface area contributed by atoms with Crippen molar-refractivity contribution in [1.29, 1.82) is 0 Å². The Balaban J connectivity index is 1.56. The number of allylic oxidation sites excluding steroid dienone is 3. The van der Waals surface area contributed by atoms with Crippen molar-refractivity contribution in [1.82, 2.24) is 0 Å². The number of hydrogen-bond acceptors (Lipinski definition) is 2. The molecule has 6 rings (SSSR count). The molecule has 3 aliphatic rings. The zero-order chi connectivity index (χ0) is 25.2. The largest absolute Gasteiger partial charge is 0.274 e. The fraction of sp³-hybridized carbons (Fsp3) is 0.250. The lowest BCUT2D eigenvalue weighted by molar-refractivity contribution is -0.122. The molecule has 0 radical (unpaired) electrons. The molecule has 1 saturated heterocycles. The van der Waals surface area contributed by atoms with Crippen molar-refractivity contribution in [2.24, 2.45) is 29.1 Å². The Labute approximate surface area is 217 Å². The van der Waals surface area contributed by atoms with E-state index < -0.39 is 5.92 Å². The first-order chi connectivity index (χ1) is 17.3. The summed E-state index contributed by atoms with van der Waals surface area (Å²) in [7, 11) is 0. The molecular formula is C32H28ClNO2. The van der Waals surface area contributed by atoms with Crippen LogP contribution in [-0.2, 0) is 9.59 Å². The van der Waals surface area contributed by atoms with Gasteiger partial charge in [0, 0.05) is 16.9 Å². The molecule has 180 valence electrons. The van der Waals surface area contributed by atoms with Gasteiger partial charge in [0.25, 0.3) is 0 Å². The number of rotatable bonds is 3. The van der Waals surface area contributed by atoms with Crippen molar-refractivity contribution >= 4 is 34.7 Å². The van der Waals surface area contributed by atoms with Gasteiger partial charge >= 0.3 is 0 Å². The van der Waals surface area contributed by atoms with Crippen molar-refractivity contribution in [3.05, 3.63) is 118 Å². The topological polar surface area (TPSA) is 37.4 Å². The molecule has 1 heterocycles. The molecule has 0 aromatic heterocycles. The van der Waals surface area contributed by atoms with E-state index in [1.165, 1.54) is 16.0 Å². The van der Waals surface area contributed by atoms with Crippen molar-refractivity contribution in [3.63, 3.8) is 0 Å². The number of amides is 2. The van der Waals surface area contributed by atoms with E-state index in [9.17, 15) is 9.59 Å². The number of carbonyl (C=O) groups excluding carboxylic acids is 2. The van der Waals surface area contributed by atoms with Crippen LogP contribution in [0.2, 0.25) is 5.02 Å². The highest BCUT2D eigenvalue weighted by molar-refractivity contribution is 6.31. The second-order valence-electron chi connectivity index (χ2n) is 11.0. The Kier molecular flexibility index (Phi) is 5.31. The third kappa shape index (κ3) is 3.41. The van der Waals surface area contributed by atoms with E-state index in [2.05, 4.69) is 51.1 Å². The summed E-state index contributed by atoms with van der Waals surface area (Å²) in [5.41, 5.74) is 6.33. The van der Waals surface area contributed by atoms with Gasteiger partial charge in [0.15, 0.2) is 0 Å². The number of halogens is 1. The summed E-state index contributed by atoms with van der Waals surface area (Å²) in [4.78, 5) is 29.3. The predicted octanol–water partition coefficient (Wildman–Crippen LogP) is 7.18. The summed E-state index contributed by atoms with van der Waals surface area (Å²) in [5.74, 6) is -1.21. The van der Waals surface area contributed by atoms with Gasteiger partial charge in [-0.2, -0.15) is 0 Å². The summed E-state index contributed by atoms with van der Waals surface area (Å²) >= 11 is 6.08. The zero-order valence-electron chi connectivity index (χ0n) is 20.6. The fourth-order valence-electron chi connectivity index (χ4n) is 6.48. The highest BCUT2D eigenvalue weighted by Gasteiger charge is 2.65. The van der Waals surface area contributed by atoms with Crippen molar-refractivity contribution in [2.75, 3.05) is 4.90 Å². The molecule has 4 heteroatoms. The van der Waals surface area contributed by atoms with Crippen molar-refractivity contribution in [2.45, 2.75) is 20.8 Å². The number of nitrogens with zero attached hydrogens (tertiary/aromatic N) is 1. The zero-order valence-corrected chi connectivity index (χ0v) is 21.4.